The van der Waals surface area contributed by atoms with E-state index in [1.165, 1.54) is 35.6 Å². The summed E-state index contributed by atoms with van der Waals surface area (Å²) in [6.45, 7) is 1.44. The third kappa shape index (κ3) is 6.00. The molecule has 0 fully saturated rings. The van der Waals surface area contributed by atoms with Crippen molar-refractivity contribution in [3.8, 4) is 0 Å². The first-order chi connectivity index (χ1) is 12.1. The molecule has 0 aliphatic rings. The van der Waals surface area contributed by atoms with Crippen LogP contribution in [0.3, 0.4) is 0 Å². The molecule has 0 saturated heterocycles. The van der Waals surface area contributed by atoms with Crippen molar-refractivity contribution in [1.29, 1.82) is 0 Å². The fourth-order valence-electron chi connectivity index (χ4n) is 2.06. The van der Waals surface area contributed by atoms with Crippen molar-refractivity contribution >= 4 is 23.2 Å². The van der Waals surface area contributed by atoms with Gasteiger partial charge < -0.3 is 10.1 Å². The van der Waals surface area contributed by atoms with E-state index in [9.17, 15) is 14.0 Å². The molecule has 1 heterocycles. The number of rotatable bonds is 7. The average molecular weight is 359 g/mol. The quantitative estimate of drug-likeness (QED) is 0.465. The molecule has 6 heteroatoms. The lowest BCUT2D eigenvalue weighted by atomic mass is 10.1. The number of halogens is 1. The Balaban J connectivity index is 2.01. The van der Waals surface area contributed by atoms with E-state index in [2.05, 4.69) is 5.32 Å². The van der Waals surface area contributed by atoms with Gasteiger partial charge in [0.15, 0.2) is 6.61 Å². The standard InChI is InChI=1S/C19H18FNO3S/c1-2-3-4-7-18(23)24-13-17(22)21-19(16-6-5-12-25-16)14-8-10-15(20)11-9-14/h2-12,19H,13H2,1H3,(H,21,22)/b3-2+,7-4+/t19-/m0/s1. The van der Waals surface area contributed by atoms with Gasteiger partial charge in [0.1, 0.15) is 5.82 Å². The third-order valence-electron chi connectivity index (χ3n) is 3.22. The van der Waals surface area contributed by atoms with Crippen LogP contribution < -0.4 is 5.32 Å². The van der Waals surface area contributed by atoms with E-state index in [4.69, 9.17) is 4.74 Å². The smallest absolute Gasteiger partial charge is 0.331 e. The summed E-state index contributed by atoms with van der Waals surface area (Å²) in [7, 11) is 0. The van der Waals surface area contributed by atoms with Crippen LogP contribution in [0.4, 0.5) is 4.39 Å². The molecule has 0 unspecified atom stereocenters. The molecule has 0 aliphatic carbocycles. The van der Waals surface area contributed by atoms with Crippen LogP contribution in [-0.2, 0) is 14.3 Å². The summed E-state index contributed by atoms with van der Waals surface area (Å²) in [5, 5.41) is 4.70. The monoisotopic (exact) mass is 359 g/mol. The van der Waals surface area contributed by atoms with Crippen LogP contribution in [-0.4, -0.2) is 18.5 Å². The molecule has 1 aromatic carbocycles. The van der Waals surface area contributed by atoms with Gasteiger partial charge in [0.2, 0.25) is 0 Å². The second-order valence-electron chi connectivity index (χ2n) is 5.06. The van der Waals surface area contributed by atoms with Crippen LogP contribution in [0, 0.1) is 5.82 Å². The summed E-state index contributed by atoms with van der Waals surface area (Å²) >= 11 is 1.48. The molecule has 0 saturated carbocycles. The summed E-state index contributed by atoms with van der Waals surface area (Å²) in [5.74, 6) is -1.37. The van der Waals surface area contributed by atoms with Crippen molar-refractivity contribution in [2.75, 3.05) is 6.61 Å². The van der Waals surface area contributed by atoms with Crippen molar-refractivity contribution in [3.63, 3.8) is 0 Å². The van der Waals surface area contributed by atoms with E-state index in [0.717, 1.165) is 10.4 Å². The summed E-state index contributed by atoms with van der Waals surface area (Å²) in [6, 6.07) is 9.24. The Labute approximate surface area is 149 Å². The maximum atomic E-state index is 13.1. The van der Waals surface area contributed by atoms with E-state index in [1.54, 1.807) is 24.3 Å². The molecule has 0 radical (unpaired) electrons. The van der Waals surface area contributed by atoms with Crippen molar-refractivity contribution in [1.82, 2.24) is 5.32 Å². The minimum atomic E-state index is -0.595. The summed E-state index contributed by atoms with van der Waals surface area (Å²) in [5.41, 5.74) is 0.747. The van der Waals surface area contributed by atoms with Gasteiger partial charge in [-0.25, -0.2) is 9.18 Å². The maximum absolute atomic E-state index is 13.1. The predicted molar refractivity (Wildman–Crippen MR) is 95.6 cm³/mol. The van der Waals surface area contributed by atoms with E-state index < -0.39 is 17.9 Å². The Morgan fingerprint density at radius 1 is 1.24 bits per heavy atom. The zero-order valence-corrected chi connectivity index (χ0v) is 14.5. The number of ether oxygens (including phenoxy) is 1. The lowest BCUT2D eigenvalue weighted by Crippen LogP contribution is -2.32. The zero-order chi connectivity index (χ0) is 18.1. The molecule has 0 bridgehead atoms. The average Bonchev–Trinajstić information content (AvgIpc) is 3.13. The minimum Gasteiger partial charge on any atom is -0.452 e. The molecule has 25 heavy (non-hydrogen) atoms. The fourth-order valence-corrected chi connectivity index (χ4v) is 2.86. The number of nitrogens with one attached hydrogen (secondary N) is 1. The van der Waals surface area contributed by atoms with Gasteiger partial charge in [-0.2, -0.15) is 0 Å². The van der Waals surface area contributed by atoms with E-state index >= 15 is 0 Å². The first kappa shape index (κ1) is 18.6. The molecule has 1 amide bonds. The summed E-state index contributed by atoms with van der Waals surface area (Å²) < 4.78 is 18.0. The van der Waals surface area contributed by atoms with Gasteiger partial charge in [-0.15, -0.1) is 11.3 Å². The number of thiophene rings is 1. The molecule has 4 nitrogen and oxygen atoms in total. The normalized spacial score (nSPS) is 12.4. The highest BCUT2D eigenvalue weighted by molar-refractivity contribution is 7.10. The van der Waals surface area contributed by atoms with Gasteiger partial charge in [0.05, 0.1) is 6.04 Å². The summed E-state index contributed by atoms with van der Waals surface area (Å²) in [6.07, 6.45) is 6.23. The Hall–Kier alpha value is -2.73. The molecule has 0 spiro atoms. The van der Waals surface area contributed by atoms with Crippen LogP contribution in [0.1, 0.15) is 23.4 Å². The third-order valence-corrected chi connectivity index (χ3v) is 4.15. The van der Waals surface area contributed by atoms with Crippen LogP contribution in [0.2, 0.25) is 0 Å². The number of allylic oxidation sites excluding steroid dienone is 3. The van der Waals surface area contributed by atoms with Crippen molar-refractivity contribution in [2.24, 2.45) is 0 Å². The predicted octanol–water partition coefficient (Wildman–Crippen LogP) is 3.77. The van der Waals surface area contributed by atoms with Gasteiger partial charge in [0, 0.05) is 11.0 Å². The minimum absolute atomic E-state index is 0.346. The van der Waals surface area contributed by atoms with Gasteiger partial charge in [-0.1, -0.05) is 36.4 Å². The molecule has 130 valence electrons. The highest BCUT2D eigenvalue weighted by Crippen LogP contribution is 2.26. The highest BCUT2D eigenvalue weighted by atomic mass is 32.1. The Morgan fingerprint density at radius 2 is 2.00 bits per heavy atom. The number of hydrogen-bond donors (Lipinski definition) is 1. The van der Waals surface area contributed by atoms with E-state index in [1.807, 2.05) is 24.4 Å². The SMILES string of the molecule is C/C=C/C=C/C(=O)OCC(=O)N[C@@H](c1ccc(F)cc1)c1cccs1. The van der Waals surface area contributed by atoms with Gasteiger partial charge in [0.25, 0.3) is 5.91 Å². The lowest BCUT2D eigenvalue weighted by Gasteiger charge is -2.18. The van der Waals surface area contributed by atoms with Gasteiger partial charge in [-0.05, 0) is 36.1 Å². The van der Waals surface area contributed by atoms with Crippen molar-refractivity contribution < 1.29 is 18.7 Å². The van der Waals surface area contributed by atoms with Crippen molar-refractivity contribution in [3.05, 3.63) is 82.3 Å². The fraction of sp³-hybridized carbons (Fsp3) is 0.158. The van der Waals surface area contributed by atoms with Crippen LogP contribution in [0.15, 0.2) is 66.1 Å². The number of carbonyl (C=O) groups excluding carboxylic acids is 2. The molecule has 1 atom stereocenters. The number of amides is 1. The molecule has 2 aromatic rings. The van der Waals surface area contributed by atoms with Gasteiger partial charge in [-0.3, -0.25) is 4.79 Å². The topological polar surface area (TPSA) is 55.4 Å². The largest absolute Gasteiger partial charge is 0.452 e. The van der Waals surface area contributed by atoms with Gasteiger partial charge >= 0.3 is 5.97 Å². The van der Waals surface area contributed by atoms with Crippen LogP contribution in [0.5, 0.6) is 0 Å². The first-order valence-corrected chi connectivity index (χ1v) is 8.52. The maximum Gasteiger partial charge on any atom is 0.331 e. The van der Waals surface area contributed by atoms with E-state index in [0.29, 0.717) is 0 Å². The Bertz CT molecular complexity index is 751. The number of carbonyl (C=O) groups is 2. The second kappa shape index (κ2) is 9.54. The molecule has 1 N–H and O–H groups in total. The molecular weight excluding hydrogens is 341 g/mol. The molecule has 1 aromatic heterocycles. The van der Waals surface area contributed by atoms with Crippen molar-refractivity contribution in [2.45, 2.75) is 13.0 Å². The number of esters is 1. The van der Waals surface area contributed by atoms with E-state index in [-0.39, 0.29) is 12.4 Å². The molecule has 2 rings (SSSR count). The number of benzene rings is 1. The highest BCUT2D eigenvalue weighted by Gasteiger charge is 2.18. The lowest BCUT2D eigenvalue weighted by molar-refractivity contribution is -0.144. The van der Waals surface area contributed by atoms with Crippen LogP contribution >= 0.6 is 11.3 Å². The Morgan fingerprint density at radius 3 is 2.64 bits per heavy atom. The second-order valence-corrected chi connectivity index (χ2v) is 6.04. The number of hydrogen-bond acceptors (Lipinski definition) is 4. The summed E-state index contributed by atoms with van der Waals surface area (Å²) in [4.78, 5) is 24.5. The first-order valence-electron chi connectivity index (χ1n) is 7.64. The molecular formula is C19H18FNO3S. The zero-order valence-electron chi connectivity index (χ0n) is 13.6. The molecule has 0 aliphatic heterocycles. The Kier molecular flexibility index (Phi) is 7.10. The van der Waals surface area contributed by atoms with Crippen LogP contribution in [0.25, 0.3) is 0 Å².